The van der Waals surface area contributed by atoms with Crippen LogP contribution in [0.25, 0.3) is 10.8 Å². The first-order valence-electron chi connectivity index (χ1n) is 11.7. The van der Waals surface area contributed by atoms with Crippen LogP contribution in [0.5, 0.6) is 11.5 Å². The molecule has 4 nitrogen and oxygen atoms in total. The predicted molar refractivity (Wildman–Crippen MR) is 147 cm³/mol. The van der Waals surface area contributed by atoms with Gasteiger partial charge in [-0.3, -0.25) is 4.90 Å². The van der Waals surface area contributed by atoms with Crippen LogP contribution in [0.4, 0.5) is 0 Å². The Morgan fingerprint density at radius 3 is 2.09 bits per heavy atom. The van der Waals surface area contributed by atoms with Crippen molar-refractivity contribution in [2.45, 2.75) is 32.2 Å². The number of methoxy groups -OCH3 is 2. The molecule has 0 spiro atoms. The van der Waals surface area contributed by atoms with Crippen molar-refractivity contribution in [2.75, 3.05) is 47.4 Å². The molecule has 0 fully saturated rings. The van der Waals surface area contributed by atoms with Gasteiger partial charge in [0.25, 0.3) is 0 Å². The summed E-state index contributed by atoms with van der Waals surface area (Å²) in [6, 6.07) is 20.1. The van der Waals surface area contributed by atoms with Gasteiger partial charge < -0.3 is 14.4 Å². The average molecular weight is 506 g/mol. The highest BCUT2D eigenvalue weighted by molar-refractivity contribution is 5.86. The van der Waals surface area contributed by atoms with Gasteiger partial charge in [-0.2, -0.15) is 0 Å². The van der Waals surface area contributed by atoms with Crippen molar-refractivity contribution in [1.82, 2.24) is 9.80 Å². The van der Waals surface area contributed by atoms with Gasteiger partial charge in [-0.1, -0.05) is 42.5 Å². The van der Waals surface area contributed by atoms with Crippen molar-refractivity contribution in [3.8, 4) is 11.5 Å². The molecule has 1 aliphatic rings. The molecular formula is C28H38Cl2N2O2. The number of halogens is 2. The molecule has 34 heavy (non-hydrogen) atoms. The van der Waals surface area contributed by atoms with Crippen LogP contribution in [-0.4, -0.2) is 57.2 Å². The van der Waals surface area contributed by atoms with Gasteiger partial charge in [0, 0.05) is 19.1 Å². The van der Waals surface area contributed by atoms with Crippen molar-refractivity contribution in [3.63, 3.8) is 0 Å². The number of nitrogens with zero attached hydrogens (tertiary/aromatic N) is 2. The normalized spacial score (nSPS) is 14.5. The SMILES string of the molecule is COc1cc2c(cc1OC)CCN(CCCN(C)C(C)c1cccc3ccccc13)CC2.Cl.Cl. The molecule has 0 amide bonds. The van der Waals surface area contributed by atoms with Gasteiger partial charge in [0.05, 0.1) is 14.2 Å². The minimum Gasteiger partial charge on any atom is -0.493 e. The molecule has 0 N–H and O–H groups in total. The van der Waals surface area contributed by atoms with E-state index in [0.29, 0.717) is 6.04 Å². The molecule has 3 aromatic rings. The first-order valence-corrected chi connectivity index (χ1v) is 11.7. The van der Waals surface area contributed by atoms with Gasteiger partial charge in [-0.15, -0.1) is 24.8 Å². The molecule has 1 heterocycles. The predicted octanol–water partition coefficient (Wildman–Crippen LogP) is 6.18. The van der Waals surface area contributed by atoms with Gasteiger partial charge in [-0.05, 0) is 85.9 Å². The Balaban J connectivity index is 0.00000204. The fourth-order valence-electron chi connectivity index (χ4n) is 4.91. The minimum atomic E-state index is 0. The lowest BCUT2D eigenvalue weighted by Crippen LogP contribution is -2.31. The maximum absolute atomic E-state index is 5.50. The second-order valence-corrected chi connectivity index (χ2v) is 8.90. The highest BCUT2D eigenvalue weighted by Crippen LogP contribution is 2.32. The standard InChI is InChI=1S/C28H36N2O2.2ClH/c1-21(25-12-7-10-22-9-5-6-11-26(22)25)29(2)15-8-16-30-17-13-23-19-27(31-3)28(32-4)20-24(23)14-18-30;;/h5-7,9-12,19-21H,8,13-18H2,1-4H3;2*1H. The second kappa shape index (κ2) is 13.2. The molecule has 3 aromatic carbocycles. The lowest BCUT2D eigenvalue weighted by molar-refractivity contribution is 0.224. The molecule has 6 heteroatoms. The molecule has 0 saturated heterocycles. The van der Waals surface area contributed by atoms with Crippen LogP contribution in [0.2, 0.25) is 0 Å². The summed E-state index contributed by atoms with van der Waals surface area (Å²) in [5.41, 5.74) is 4.21. The number of hydrogen-bond donors (Lipinski definition) is 0. The maximum atomic E-state index is 5.50. The lowest BCUT2D eigenvalue weighted by atomic mass is 9.99. The smallest absolute Gasteiger partial charge is 0.161 e. The van der Waals surface area contributed by atoms with E-state index in [-0.39, 0.29) is 24.8 Å². The summed E-state index contributed by atoms with van der Waals surface area (Å²) in [5, 5.41) is 2.69. The van der Waals surface area contributed by atoms with Gasteiger partial charge >= 0.3 is 0 Å². The first kappa shape index (κ1) is 28.3. The third kappa shape index (κ3) is 6.37. The monoisotopic (exact) mass is 504 g/mol. The zero-order chi connectivity index (χ0) is 22.5. The molecule has 1 aliphatic heterocycles. The Labute approximate surface area is 217 Å². The van der Waals surface area contributed by atoms with E-state index in [1.54, 1.807) is 14.2 Å². The molecule has 4 rings (SSSR count). The topological polar surface area (TPSA) is 24.9 Å². The highest BCUT2D eigenvalue weighted by atomic mass is 35.5. The first-order chi connectivity index (χ1) is 15.6. The van der Waals surface area contributed by atoms with Gasteiger partial charge in [0.2, 0.25) is 0 Å². The fraction of sp³-hybridized carbons (Fsp3) is 0.429. The zero-order valence-corrected chi connectivity index (χ0v) is 22.4. The summed E-state index contributed by atoms with van der Waals surface area (Å²) in [5.74, 6) is 1.67. The van der Waals surface area contributed by atoms with Crippen LogP contribution < -0.4 is 9.47 Å². The van der Waals surface area contributed by atoms with Gasteiger partial charge in [0.15, 0.2) is 11.5 Å². The van der Waals surface area contributed by atoms with Crippen molar-refractivity contribution >= 4 is 35.6 Å². The molecule has 0 aliphatic carbocycles. The Morgan fingerprint density at radius 1 is 0.882 bits per heavy atom. The van der Waals surface area contributed by atoms with Gasteiger partial charge in [0.1, 0.15) is 0 Å². The fourth-order valence-corrected chi connectivity index (χ4v) is 4.91. The van der Waals surface area contributed by atoms with E-state index < -0.39 is 0 Å². The van der Waals surface area contributed by atoms with E-state index >= 15 is 0 Å². The molecular weight excluding hydrogens is 467 g/mol. The quantitative estimate of drug-likeness (QED) is 0.365. The van der Waals surface area contributed by atoms with Crippen molar-refractivity contribution in [2.24, 2.45) is 0 Å². The third-order valence-corrected chi connectivity index (χ3v) is 7.02. The minimum absolute atomic E-state index is 0. The Bertz CT molecular complexity index is 1020. The van der Waals surface area contributed by atoms with E-state index in [0.717, 1.165) is 50.5 Å². The third-order valence-electron chi connectivity index (χ3n) is 7.02. The van der Waals surface area contributed by atoms with Crippen molar-refractivity contribution < 1.29 is 9.47 Å². The summed E-state index contributed by atoms with van der Waals surface area (Å²) in [6.45, 7) is 6.76. The average Bonchev–Trinajstić information content (AvgIpc) is 3.04. The van der Waals surface area contributed by atoms with E-state index in [2.05, 4.69) is 78.4 Å². The van der Waals surface area contributed by atoms with Crippen molar-refractivity contribution in [3.05, 3.63) is 71.3 Å². The molecule has 0 radical (unpaired) electrons. The number of rotatable bonds is 8. The van der Waals surface area contributed by atoms with E-state index in [9.17, 15) is 0 Å². The van der Waals surface area contributed by atoms with Crippen LogP contribution in [0, 0.1) is 0 Å². The largest absolute Gasteiger partial charge is 0.493 e. The van der Waals surface area contributed by atoms with Crippen LogP contribution in [-0.2, 0) is 12.8 Å². The maximum Gasteiger partial charge on any atom is 0.161 e. The second-order valence-electron chi connectivity index (χ2n) is 8.90. The van der Waals surface area contributed by atoms with Crippen LogP contribution in [0.15, 0.2) is 54.6 Å². The van der Waals surface area contributed by atoms with Crippen LogP contribution in [0.3, 0.4) is 0 Å². The number of benzene rings is 3. The number of ether oxygens (including phenoxy) is 2. The number of hydrogen-bond acceptors (Lipinski definition) is 4. The van der Waals surface area contributed by atoms with Crippen molar-refractivity contribution in [1.29, 1.82) is 0 Å². The van der Waals surface area contributed by atoms with Crippen LogP contribution >= 0.6 is 24.8 Å². The molecule has 0 saturated carbocycles. The molecule has 186 valence electrons. The molecule has 0 bridgehead atoms. The lowest BCUT2D eigenvalue weighted by Gasteiger charge is -2.27. The zero-order valence-electron chi connectivity index (χ0n) is 20.8. The highest BCUT2D eigenvalue weighted by Gasteiger charge is 2.18. The molecule has 1 atom stereocenters. The summed E-state index contributed by atoms with van der Waals surface area (Å²) in [4.78, 5) is 5.10. The molecule has 0 aromatic heterocycles. The number of fused-ring (bicyclic) bond motifs is 2. The van der Waals surface area contributed by atoms with E-state index in [4.69, 9.17) is 9.47 Å². The molecule has 1 unspecified atom stereocenters. The summed E-state index contributed by atoms with van der Waals surface area (Å²) >= 11 is 0. The van der Waals surface area contributed by atoms with Gasteiger partial charge in [-0.25, -0.2) is 0 Å². The summed E-state index contributed by atoms with van der Waals surface area (Å²) in [7, 11) is 5.68. The summed E-state index contributed by atoms with van der Waals surface area (Å²) < 4.78 is 11.0. The summed E-state index contributed by atoms with van der Waals surface area (Å²) in [6.07, 6.45) is 3.31. The van der Waals surface area contributed by atoms with E-state index in [1.165, 1.54) is 33.9 Å². The Morgan fingerprint density at radius 2 is 1.47 bits per heavy atom. The van der Waals surface area contributed by atoms with E-state index in [1.807, 2.05) is 0 Å². The Hall–Kier alpha value is -1.98. The Kier molecular flexibility index (Phi) is 11.0. The van der Waals surface area contributed by atoms with Crippen LogP contribution in [0.1, 0.15) is 36.1 Å².